The second-order valence-electron chi connectivity index (χ2n) is 6.81. The molecule has 1 unspecified atom stereocenters. The van der Waals surface area contributed by atoms with Gasteiger partial charge in [0.1, 0.15) is 11.3 Å². The van der Waals surface area contributed by atoms with Crippen molar-refractivity contribution in [1.29, 1.82) is 0 Å². The van der Waals surface area contributed by atoms with Crippen molar-refractivity contribution in [3.8, 4) is 11.5 Å². The Morgan fingerprint density at radius 2 is 2.00 bits per heavy atom. The van der Waals surface area contributed by atoms with Gasteiger partial charge in [-0.05, 0) is 31.9 Å². The Morgan fingerprint density at radius 3 is 2.61 bits per heavy atom. The lowest BCUT2D eigenvalue weighted by Gasteiger charge is -2.15. The molecule has 1 saturated carbocycles. The first-order chi connectivity index (χ1) is 13.2. The average Bonchev–Trinajstić information content (AvgIpc) is 3.47. The minimum absolute atomic E-state index is 0.0480. The number of pyridine rings is 1. The molecule has 1 N–H and O–H groups in total. The molecule has 1 heterocycles. The van der Waals surface area contributed by atoms with Gasteiger partial charge in [0.15, 0.2) is 21.4 Å². The molecule has 0 bridgehead atoms. The molecule has 1 aromatic heterocycles. The van der Waals surface area contributed by atoms with Gasteiger partial charge >= 0.3 is 0 Å². The van der Waals surface area contributed by atoms with E-state index in [2.05, 4.69) is 10.3 Å². The second-order valence-corrected chi connectivity index (χ2v) is 8.74. The maximum Gasteiger partial charge on any atom is 0.257 e. The molecule has 6 nitrogen and oxygen atoms in total. The Balaban J connectivity index is 1.89. The van der Waals surface area contributed by atoms with Gasteiger partial charge < -0.3 is 10.1 Å². The smallest absolute Gasteiger partial charge is 0.257 e. The number of amides is 1. The van der Waals surface area contributed by atoms with Crippen LogP contribution in [-0.4, -0.2) is 31.6 Å². The maximum absolute atomic E-state index is 15.1. The third kappa shape index (κ3) is 5.16. The van der Waals surface area contributed by atoms with Gasteiger partial charge in [-0.25, -0.2) is 12.8 Å². The number of hydrogen-bond acceptors (Lipinski definition) is 5. The summed E-state index contributed by atoms with van der Waals surface area (Å²) in [6.45, 7) is 1.61. The van der Waals surface area contributed by atoms with Crippen molar-refractivity contribution in [2.45, 2.75) is 31.7 Å². The zero-order valence-corrected chi connectivity index (χ0v) is 16.4. The Labute approximate surface area is 163 Å². The summed E-state index contributed by atoms with van der Waals surface area (Å²) < 4.78 is 43.2. The minimum atomic E-state index is -3.31. The van der Waals surface area contributed by atoms with Gasteiger partial charge in [0, 0.05) is 29.8 Å². The van der Waals surface area contributed by atoms with Crippen molar-refractivity contribution in [2.75, 3.05) is 6.26 Å². The standard InChI is InChI=1S/C20H21FN2O4S/c1-13(10-11-28(2,25)26)23-20(24)16-12-22-18(14-8-9-14)17(21)19(16)27-15-6-4-3-5-7-15/h3-7,10-14H,8-9H2,1-2H3,(H,23,24)/b11-10+. The fourth-order valence-electron chi connectivity index (χ4n) is 2.59. The van der Waals surface area contributed by atoms with Crippen LogP contribution in [0.15, 0.2) is 48.0 Å². The lowest BCUT2D eigenvalue weighted by Crippen LogP contribution is -2.31. The van der Waals surface area contributed by atoms with Gasteiger partial charge in [0.25, 0.3) is 5.91 Å². The Hall–Kier alpha value is -2.74. The molecule has 1 amide bonds. The van der Waals surface area contributed by atoms with Gasteiger partial charge in [-0.2, -0.15) is 0 Å². The summed E-state index contributed by atoms with van der Waals surface area (Å²) in [7, 11) is -3.31. The van der Waals surface area contributed by atoms with Crippen molar-refractivity contribution < 1.29 is 22.3 Å². The summed E-state index contributed by atoms with van der Waals surface area (Å²) in [5.74, 6) is -0.983. The first kappa shape index (κ1) is 20.0. The topological polar surface area (TPSA) is 85.4 Å². The average molecular weight is 404 g/mol. The zero-order chi connectivity index (χ0) is 20.3. The molecule has 0 saturated heterocycles. The molecule has 0 spiro atoms. The lowest BCUT2D eigenvalue weighted by molar-refractivity contribution is 0.0943. The van der Waals surface area contributed by atoms with Crippen LogP contribution in [0, 0.1) is 5.82 Å². The number of nitrogens with zero attached hydrogens (tertiary/aromatic N) is 1. The molecule has 148 valence electrons. The molecule has 28 heavy (non-hydrogen) atoms. The maximum atomic E-state index is 15.1. The van der Waals surface area contributed by atoms with E-state index in [-0.39, 0.29) is 17.2 Å². The van der Waals surface area contributed by atoms with Crippen LogP contribution >= 0.6 is 0 Å². The predicted octanol–water partition coefficient (Wildman–Crippen LogP) is 3.57. The number of carbonyl (C=O) groups is 1. The summed E-state index contributed by atoms with van der Waals surface area (Å²) in [6.07, 6.45) is 5.41. The third-order valence-corrected chi connectivity index (χ3v) is 4.80. The largest absolute Gasteiger partial charge is 0.453 e. The number of sulfone groups is 1. The van der Waals surface area contributed by atoms with Crippen molar-refractivity contribution >= 4 is 15.7 Å². The molecule has 0 radical (unpaired) electrons. The van der Waals surface area contributed by atoms with Crippen LogP contribution < -0.4 is 10.1 Å². The molecule has 1 aliphatic rings. The summed E-state index contributed by atoms with van der Waals surface area (Å²) in [5, 5.41) is 3.62. The molecule has 3 rings (SSSR count). The molecule has 8 heteroatoms. The zero-order valence-electron chi connectivity index (χ0n) is 15.6. The minimum Gasteiger partial charge on any atom is -0.453 e. The van der Waals surface area contributed by atoms with Crippen LogP contribution in [-0.2, 0) is 9.84 Å². The number of halogens is 1. The highest BCUT2D eigenvalue weighted by atomic mass is 32.2. The number of hydrogen-bond donors (Lipinski definition) is 1. The van der Waals surface area contributed by atoms with Crippen molar-refractivity contribution in [2.24, 2.45) is 0 Å². The third-order valence-electron chi connectivity index (χ3n) is 4.15. The number of nitrogens with one attached hydrogen (secondary N) is 1. The number of benzene rings is 1. The van der Waals surface area contributed by atoms with Crippen LogP contribution in [0.2, 0.25) is 0 Å². The van der Waals surface area contributed by atoms with Crippen LogP contribution in [0.3, 0.4) is 0 Å². The van der Waals surface area contributed by atoms with Crippen LogP contribution in [0.1, 0.15) is 41.7 Å². The van der Waals surface area contributed by atoms with E-state index in [1.165, 1.54) is 12.3 Å². The predicted molar refractivity (Wildman–Crippen MR) is 104 cm³/mol. The van der Waals surface area contributed by atoms with E-state index >= 15 is 4.39 Å². The summed E-state index contributed by atoms with van der Waals surface area (Å²) in [5.41, 5.74) is 0.248. The molecule has 0 aliphatic heterocycles. The highest BCUT2D eigenvalue weighted by Crippen LogP contribution is 2.43. The highest BCUT2D eigenvalue weighted by Gasteiger charge is 2.32. The quantitative estimate of drug-likeness (QED) is 0.763. The molecule has 1 atom stereocenters. The van der Waals surface area contributed by atoms with Crippen molar-refractivity contribution in [3.05, 3.63) is 65.1 Å². The molecular formula is C20H21FN2O4S. The van der Waals surface area contributed by atoms with E-state index in [4.69, 9.17) is 4.74 Å². The molecule has 1 aliphatic carbocycles. The Kier molecular flexibility index (Phi) is 5.79. The van der Waals surface area contributed by atoms with Gasteiger partial charge in [-0.15, -0.1) is 0 Å². The Morgan fingerprint density at radius 1 is 1.32 bits per heavy atom. The van der Waals surface area contributed by atoms with Gasteiger partial charge in [-0.1, -0.05) is 24.3 Å². The van der Waals surface area contributed by atoms with Crippen molar-refractivity contribution in [3.63, 3.8) is 0 Å². The summed E-state index contributed by atoms with van der Waals surface area (Å²) in [4.78, 5) is 16.8. The van der Waals surface area contributed by atoms with Gasteiger partial charge in [-0.3, -0.25) is 9.78 Å². The van der Waals surface area contributed by atoms with Crippen LogP contribution in [0.5, 0.6) is 11.5 Å². The number of carbonyl (C=O) groups excluding carboxylic acids is 1. The van der Waals surface area contributed by atoms with Crippen molar-refractivity contribution in [1.82, 2.24) is 10.3 Å². The number of para-hydroxylation sites is 1. The fourth-order valence-corrected chi connectivity index (χ4v) is 3.11. The Bertz CT molecular complexity index is 1000. The lowest BCUT2D eigenvalue weighted by atomic mass is 10.1. The fraction of sp³-hybridized carbons (Fsp3) is 0.300. The van der Waals surface area contributed by atoms with E-state index in [1.807, 2.05) is 0 Å². The van der Waals surface area contributed by atoms with E-state index < -0.39 is 27.6 Å². The van der Waals surface area contributed by atoms with E-state index in [1.54, 1.807) is 37.3 Å². The van der Waals surface area contributed by atoms with Gasteiger partial charge in [0.2, 0.25) is 0 Å². The van der Waals surface area contributed by atoms with Gasteiger partial charge in [0.05, 0.1) is 5.69 Å². The normalized spacial score (nSPS) is 15.4. The number of rotatable bonds is 7. The van der Waals surface area contributed by atoms with Crippen LogP contribution in [0.25, 0.3) is 0 Å². The summed E-state index contributed by atoms with van der Waals surface area (Å²) in [6, 6.07) is 8.03. The number of ether oxygens (including phenoxy) is 1. The highest BCUT2D eigenvalue weighted by molar-refractivity contribution is 7.93. The van der Waals surface area contributed by atoms with E-state index in [9.17, 15) is 13.2 Å². The number of aromatic nitrogens is 1. The molecule has 1 fully saturated rings. The molecule has 2 aromatic rings. The van der Waals surface area contributed by atoms with E-state index in [0.29, 0.717) is 11.4 Å². The van der Waals surface area contributed by atoms with Crippen LogP contribution in [0.4, 0.5) is 4.39 Å². The second kappa shape index (κ2) is 8.10. The SMILES string of the molecule is CC(/C=C/S(C)(=O)=O)NC(=O)c1cnc(C2CC2)c(F)c1Oc1ccccc1. The monoisotopic (exact) mass is 404 g/mol. The first-order valence-electron chi connectivity index (χ1n) is 8.85. The molecular weight excluding hydrogens is 383 g/mol. The first-order valence-corrected chi connectivity index (χ1v) is 10.8. The van der Waals surface area contributed by atoms with E-state index in [0.717, 1.165) is 24.5 Å². The summed E-state index contributed by atoms with van der Waals surface area (Å²) >= 11 is 0. The molecule has 1 aromatic carbocycles.